The molecule has 3 fully saturated rings. The quantitative estimate of drug-likeness (QED) is 0.170. The maximum atomic E-state index is 13.6. The van der Waals surface area contributed by atoms with E-state index in [0.29, 0.717) is 60.6 Å². The van der Waals surface area contributed by atoms with Gasteiger partial charge in [-0.3, -0.25) is 33.9 Å². The Morgan fingerprint density at radius 2 is 1.04 bits per heavy atom. The molecule has 11 nitrogen and oxygen atoms in total. The van der Waals surface area contributed by atoms with Gasteiger partial charge in [0, 0.05) is 6.04 Å². The third kappa shape index (κ3) is 8.81. The van der Waals surface area contributed by atoms with E-state index >= 15 is 0 Å². The van der Waals surface area contributed by atoms with Crippen LogP contribution in [0.15, 0.2) is 46.2 Å². The Labute approximate surface area is 295 Å². The van der Waals surface area contributed by atoms with Crippen molar-refractivity contribution < 1.29 is 38.1 Å². The molecule has 0 bridgehead atoms. The van der Waals surface area contributed by atoms with Crippen molar-refractivity contribution in [3.63, 3.8) is 0 Å². The highest BCUT2D eigenvalue weighted by molar-refractivity contribution is 8.18. The highest BCUT2D eigenvalue weighted by atomic mass is 32.2. The van der Waals surface area contributed by atoms with E-state index in [0.717, 1.165) is 55.6 Å². The third-order valence-electron chi connectivity index (χ3n) is 8.21. The Morgan fingerprint density at radius 3 is 1.45 bits per heavy atom. The Bertz CT molecular complexity index is 1510. The maximum absolute atomic E-state index is 13.6. The van der Waals surface area contributed by atoms with Gasteiger partial charge in [-0.15, -0.1) is 0 Å². The molecule has 5 rings (SSSR count). The molecule has 49 heavy (non-hydrogen) atoms. The molecule has 2 heterocycles. The molecule has 1 saturated carbocycles. The summed E-state index contributed by atoms with van der Waals surface area (Å²) in [5, 5.41) is -0.801. The second-order valence-electron chi connectivity index (χ2n) is 11.5. The zero-order valence-electron chi connectivity index (χ0n) is 28.4. The lowest BCUT2D eigenvalue weighted by molar-refractivity contribution is -0.127. The lowest BCUT2D eigenvalue weighted by Crippen LogP contribution is -2.51. The summed E-state index contributed by atoms with van der Waals surface area (Å²) in [4.78, 5) is 58.7. The molecule has 0 radical (unpaired) electrons. The standard InChI is InChI=1S/C36H43N3O8S2/c1-5-44-27-16-14-24(18-29(27)46-7-3)20-31-33(40)38(35(42)48-31)22-37(26-12-10-9-11-13-26)23-39-34(41)32(49-36(39)43)21-25-15-17-28(45-6-2)30(19-25)47-8-4/h14-21,26H,5-13,22-23H2,1-4H3/b31-20+,32-21+. The zero-order chi connectivity index (χ0) is 34.9. The monoisotopic (exact) mass is 709 g/mol. The summed E-state index contributed by atoms with van der Waals surface area (Å²) in [5.41, 5.74) is 1.40. The fraction of sp³-hybridized carbons (Fsp3) is 0.444. The van der Waals surface area contributed by atoms with E-state index in [1.165, 1.54) is 9.80 Å². The second-order valence-corrected chi connectivity index (χ2v) is 13.5. The molecule has 2 aromatic rings. The van der Waals surface area contributed by atoms with Gasteiger partial charge in [-0.25, -0.2) is 0 Å². The first kappa shape index (κ1) is 36.3. The number of nitrogens with zero attached hydrogens (tertiary/aromatic N) is 3. The first-order chi connectivity index (χ1) is 23.8. The number of hydrogen-bond donors (Lipinski definition) is 0. The Kier molecular flexibility index (Phi) is 12.7. The minimum absolute atomic E-state index is 0.00531. The summed E-state index contributed by atoms with van der Waals surface area (Å²) in [6.07, 6.45) is 8.11. The molecular weight excluding hydrogens is 667 g/mol. The van der Waals surface area contributed by atoms with Gasteiger partial charge in [-0.1, -0.05) is 31.4 Å². The van der Waals surface area contributed by atoms with Gasteiger partial charge < -0.3 is 18.9 Å². The van der Waals surface area contributed by atoms with Gasteiger partial charge in [0.25, 0.3) is 22.3 Å². The summed E-state index contributed by atoms with van der Waals surface area (Å²) in [7, 11) is 0. The minimum atomic E-state index is -0.419. The van der Waals surface area contributed by atoms with Crippen molar-refractivity contribution in [2.24, 2.45) is 0 Å². The average Bonchev–Trinajstić information content (AvgIpc) is 3.51. The van der Waals surface area contributed by atoms with Crippen LogP contribution in [0, 0.1) is 0 Å². The van der Waals surface area contributed by atoms with Gasteiger partial charge in [-0.2, -0.15) is 0 Å². The maximum Gasteiger partial charge on any atom is 0.294 e. The summed E-state index contributed by atoms with van der Waals surface area (Å²) in [6.45, 7) is 9.35. The number of amides is 4. The van der Waals surface area contributed by atoms with Crippen molar-refractivity contribution in [1.29, 1.82) is 0 Å². The number of carbonyl (C=O) groups is 4. The highest BCUT2D eigenvalue weighted by Gasteiger charge is 2.41. The Morgan fingerprint density at radius 1 is 0.633 bits per heavy atom. The number of carbonyl (C=O) groups excluding carboxylic acids is 4. The number of rotatable bonds is 15. The summed E-state index contributed by atoms with van der Waals surface area (Å²) in [6, 6.07) is 10.8. The van der Waals surface area contributed by atoms with Gasteiger partial charge in [0.1, 0.15) is 0 Å². The summed E-state index contributed by atoms with van der Waals surface area (Å²) >= 11 is 1.75. The van der Waals surface area contributed by atoms with Crippen molar-refractivity contribution >= 4 is 58.0 Å². The molecule has 0 aromatic heterocycles. The first-order valence-corrected chi connectivity index (χ1v) is 18.4. The number of hydrogen-bond acceptors (Lipinski definition) is 11. The SMILES string of the molecule is CCOc1ccc(/C=C2/SC(=O)N(CN(CN3C(=O)S/C(=C/c4ccc(OCC)c(OCC)c4)C3=O)C3CCCCC3)C2=O)cc1OCC. The van der Waals surface area contributed by atoms with Crippen molar-refractivity contribution in [3.05, 3.63) is 57.3 Å². The van der Waals surface area contributed by atoms with Gasteiger partial charge in [0.05, 0.1) is 49.6 Å². The van der Waals surface area contributed by atoms with Crippen LogP contribution in [0.25, 0.3) is 12.2 Å². The normalized spacial score (nSPS) is 18.8. The molecule has 0 unspecified atom stereocenters. The molecule has 2 aliphatic heterocycles. The fourth-order valence-electron chi connectivity index (χ4n) is 5.95. The van der Waals surface area contributed by atoms with Gasteiger partial charge in [0.2, 0.25) is 0 Å². The van der Waals surface area contributed by atoms with Gasteiger partial charge in [0.15, 0.2) is 23.0 Å². The second kappa shape index (κ2) is 17.1. The predicted octanol–water partition coefficient (Wildman–Crippen LogP) is 7.60. The van der Waals surface area contributed by atoms with Crippen LogP contribution in [0.4, 0.5) is 9.59 Å². The number of imide groups is 2. The van der Waals surface area contributed by atoms with Crippen LogP contribution in [0.2, 0.25) is 0 Å². The number of benzene rings is 2. The fourth-order valence-corrected chi connectivity index (χ4v) is 7.61. The molecule has 1 aliphatic carbocycles. The van der Waals surface area contributed by atoms with E-state index in [2.05, 4.69) is 0 Å². The molecule has 3 aliphatic rings. The molecule has 0 atom stereocenters. The highest BCUT2D eigenvalue weighted by Crippen LogP contribution is 2.38. The predicted molar refractivity (Wildman–Crippen MR) is 192 cm³/mol. The van der Waals surface area contributed by atoms with Crippen LogP contribution < -0.4 is 18.9 Å². The van der Waals surface area contributed by atoms with Crippen molar-refractivity contribution in [2.75, 3.05) is 39.8 Å². The van der Waals surface area contributed by atoms with Crippen LogP contribution in [-0.2, 0) is 9.59 Å². The lowest BCUT2D eigenvalue weighted by Gasteiger charge is -2.37. The van der Waals surface area contributed by atoms with Gasteiger partial charge in [-0.05, 0) is 112 Å². The third-order valence-corrected chi connectivity index (χ3v) is 10.0. The zero-order valence-corrected chi connectivity index (χ0v) is 30.0. The van der Waals surface area contributed by atoms with Gasteiger partial charge >= 0.3 is 0 Å². The molecule has 4 amide bonds. The van der Waals surface area contributed by atoms with E-state index < -0.39 is 22.3 Å². The molecule has 2 aromatic carbocycles. The largest absolute Gasteiger partial charge is 0.490 e. The number of thioether (sulfide) groups is 2. The summed E-state index contributed by atoms with van der Waals surface area (Å²) in [5.74, 6) is 1.49. The van der Waals surface area contributed by atoms with Crippen molar-refractivity contribution in [3.8, 4) is 23.0 Å². The molecule has 0 spiro atoms. The van der Waals surface area contributed by atoms with E-state index in [9.17, 15) is 19.2 Å². The van der Waals surface area contributed by atoms with Crippen LogP contribution in [-0.4, -0.2) is 82.8 Å². The number of ether oxygens (including phenoxy) is 4. The van der Waals surface area contributed by atoms with Crippen LogP contribution in [0.5, 0.6) is 23.0 Å². The topological polar surface area (TPSA) is 115 Å². The van der Waals surface area contributed by atoms with E-state index in [1.807, 2.05) is 44.7 Å². The average molecular weight is 710 g/mol. The molecule has 13 heteroatoms. The molecule has 2 saturated heterocycles. The van der Waals surface area contributed by atoms with Crippen molar-refractivity contribution in [2.45, 2.75) is 65.8 Å². The van der Waals surface area contributed by atoms with Crippen molar-refractivity contribution in [1.82, 2.24) is 14.7 Å². The van der Waals surface area contributed by atoms with Crippen LogP contribution >= 0.6 is 23.5 Å². The lowest BCUT2D eigenvalue weighted by atomic mass is 9.94. The Hall–Kier alpha value is -3.94. The Balaban J connectivity index is 1.34. The summed E-state index contributed by atoms with van der Waals surface area (Å²) < 4.78 is 22.8. The van der Waals surface area contributed by atoms with E-state index in [4.69, 9.17) is 18.9 Å². The van der Waals surface area contributed by atoms with E-state index in [1.54, 1.807) is 36.4 Å². The smallest absolute Gasteiger partial charge is 0.294 e. The molecule has 0 N–H and O–H groups in total. The first-order valence-electron chi connectivity index (χ1n) is 16.8. The van der Waals surface area contributed by atoms with E-state index in [-0.39, 0.29) is 29.2 Å². The van der Waals surface area contributed by atoms with Crippen LogP contribution in [0.3, 0.4) is 0 Å². The molecular formula is C36H43N3O8S2. The van der Waals surface area contributed by atoms with Crippen LogP contribution in [0.1, 0.15) is 70.9 Å². The molecule has 262 valence electrons. The minimum Gasteiger partial charge on any atom is -0.490 e.